The lowest BCUT2D eigenvalue weighted by atomic mass is 9.98. The second kappa shape index (κ2) is 5.19. The fourth-order valence-electron chi connectivity index (χ4n) is 2.26. The molecule has 0 spiro atoms. The summed E-state index contributed by atoms with van der Waals surface area (Å²) in [6.07, 6.45) is 4.29. The summed E-state index contributed by atoms with van der Waals surface area (Å²) in [4.78, 5) is 11.8. The highest BCUT2D eigenvalue weighted by Crippen LogP contribution is 2.26. The van der Waals surface area contributed by atoms with E-state index in [1.165, 1.54) is 0 Å². The number of hydrogen-bond donors (Lipinski definition) is 2. The van der Waals surface area contributed by atoms with Crippen LogP contribution in [-0.4, -0.2) is 17.6 Å². The van der Waals surface area contributed by atoms with Crippen molar-refractivity contribution in [2.45, 2.75) is 38.2 Å². The van der Waals surface area contributed by atoms with Gasteiger partial charge in [-0.25, -0.2) is 0 Å². The van der Waals surface area contributed by atoms with Crippen molar-refractivity contribution < 1.29 is 9.90 Å². The molecule has 4 heteroatoms. The molecule has 0 aromatic carbocycles. The van der Waals surface area contributed by atoms with Crippen LogP contribution in [0.4, 0.5) is 0 Å². The van der Waals surface area contributed by atoms with Crippen LogP contribution in [0.15, 0.2) is 16.8 Å². The largest absolute Gasteiger partial charge is 0.384 e. The average molecular weight is 253 g/mol. The topological polar surface area (TPSA) is 49.3 Å². The standard InChI is InChI=1S/C13H19NO2S/c1-13(16,11-6-7-17-8-11)9-14-12(15)10-4-2-3-5-10/h6-8,10,16H,2-5,9H2,1H3,(H,14,15). The van der Waals surface area contributed by atoms with E-state index in [1.54, 1.807) is 18.3 Å². The van der Waals surface area contributed by atoms with Crippen LogP contribution < -0.4 is 5.32 Å². The van der Waals surface area contributed by atoms with E-state index in [1.807, 2.05) is 16.8 Å². The number of carbonyl (C=O) groups is 1. The number of rotatable bonds is 4. The molecular formula is C13H19NO2S. The van der Waals surface area contributed by atoms with Crippen LogP contribution in [0.25, 0.3) is 0 Å². The minimum atomic E-state index is -0.964. The molecule has 1 fully saturated rings. The molecule has 2 rings (SSSR count). The maximum Gasteiger partial charge on any atom is 0.223 e. The first-order valence-electron chi connectivity index (χ1n) is 6.12. The van der Waals surface area contributed by atoms with Crippen molar-refractivity contribution in [3.63, 3.8) is 0 Å². The molecule has 17 heavy (non-hydrogen) atoms. The maximum absolute atomic E-state index is 11.8. The summed E-state index contributed by atoms with van der Waals surface area (Å²) in [5, 5.41) is 17.0. The van der Waals surface area contributed by atoms with Crippen molar-refractivity contribution in [3.8, 4) is 0 Å². The number of thiophene rings is 1. The van der Waals surface area contributed by atoms with Gasteiger partial charge in [-0.15, -0.1) is 0 Å². The number of nitrogens with one attached hydrogen (secondary N) is 1. The number of amides is 1. The Labute approximate surface area is 106 Å². The summed E-state index contributed by atoms with van der Waals surface area (Å²) in [6, 6.07) is 1.90. The lowest BCUT2D eigenvalue weighted by molar-refractivity contribution is -0.126. The Morgan fingerprint density at radius 2 is 2.29 bits per heavy atom. The predicted octanol–water partition coefficient (Wildman–Crippen LogP) is 2.26. The summed E-state index contributed by atoms with van der Waals surface area (Å²) in [5.74, 6) is 0.256. The molecule has 1 heterocycles. The van der Waals surface area contributed by atoms with Crippen molar-refractivity contribution >= 4 is 17.2 Å². The van der Waals surface area contributed by atoms with Crippen LogP contribution in [-0.2, 0) is 10.4 Å². The van der Waals surface area contributed by atoms with Gasteiger partial charge in [0.1, 0.15) is 5.60 Å². The van der Waals surface area contributed by atoms with Gasteiger partial charge in [-0.3, -0.25) is 4.79 Å². The predicted molar refractivity (Wildman–Crippen MR) is 68.9 cm³/mol. The summed E-state index contributed by atoms with van der Waals surface area (Å²) >= 11 is 1.55. The third-order valence-corrected chi connectivity index (χ3v) is 4.16. The molecule has 94 valence electrons. The molecule has 1 amide bonds. The van der Waals surface area contributed by atoms with Gasteiger partial charge < -0.3 is 10.4 Å². The zero-order valence-electron chi connectivity index (χ0n) is 10.1. The Bertz CT molecular complexity index is 367. The maximum atomic E-state index is 11.8. The smallest absolute Gasteiger partial charge is 0.223 e. The first-order chi connectivity index (χ1) is 8.09. The van der Waals surface area contributed by atoms with Gasteiger partial charge in [0.2, 0.25) is 5.91 Å². The molecule has 0 bridgehead atoms. The summed E-state index contributed by atoms with van der Waals surface area (Å²) in [7, 11) is 0. The minimum absolute atomic E-state index is 0.0954. The van der Waals surface area contributed by atoms with Crippen LogP contribution >= 0.6 is 11.3 Å². The molecule has 2 N–H and O–H groups in total. The van der Waals surface area contributed by atoms with Crippen LogP contribution in [0.5, 0.6) is 0 Å². The second-order valence-electron chi connectivity index (χ2n) is 4.99. The van der Waals surface area contributed by atoms with Gasteiger partial charge in [0.15, 0.2) is 0 Å². The van der Waals surface area contributed by atoms with Crippen LogP contribution in [0.1, 0.15) is 38.2 Å². The molecule has 1 aromatic rings. The van der Waals surface area contributed by atoms with E-state index in [-0.39, 0.29) is 11.8 Å². The van der Waals surface area contributed by atoms with E-state index in [9.17, 15) is 9.90 Å². The quantitative estimate of drug-likeness (QED) is 0.864. The van der Waals surface area contributed by atoms with Gasteiger partial charge >= 0.3 is 0 Å². The van der Waals surface area contributed by atoms with E-state index in [0.29, 0.717) is 6.54 Å². The van der Waals surface area contributed by atoms with E-state index in [4.69, 9.17) is 0 Å². The third-order valence-electron chi connectivity index (χ3n) is 3.48. The molecule has 1 aliphatic carbocycles. The Morgan fingerprint density at radius 3 is 2.88 bits per heavy atom. The molecule has 1 atom stereocenters. The molecule has 0 aliphatic heterocycles. The summed E-state index contributed by atoms with van der Waals surface area (Å²) < 4.78 is 0. The monoisotopic (exact) mass is 253 g/mol. The van der Waals surface area contributed by atoms with E-state index >= 15 is 0 Å². The molecule has 0 radical (unpaired) electrons. The number of hydrogen-bond acceptors (Lipinski definition) is 3. The molecule has 1 unspecified atom stereocenters. The first-order valence-corrected chi connectivity index (χ1v) is 7.06. The highest BCUT2D eigenvalue weighted by atomic mass is 32.1. The first kappa shape index (κ1) is 12.6. The van der Waals surface area contributed by atoms with E-state index in [2.05, 4.69) is 5.32 Å². The Morgan fingerprint density at radius 1 is 1.59 bits per heavy atom. The van der Waals surface area contributed by atoms with Crippen molar-refractivity contribution in [2.24, 2.45) is 5.92 Å². The molecule has 1 saturated carbocycles. The van der Waals surface area contributed by atoms with Gasteiger partial charge in [-0.2, -0.15) is 11.3 Å². The van der Waals surface area contributed by atoms with Crippen LogP contribution in [0.3, 0.4) is 0 Å². The van der Waals surface area contributed by atoms with Crippen molar-refractivity contribution in [1.29, 1.82) is 0 Å². The highest BCUT2D eigenvalue weighted by molar-refractivity contribution is 7.08. The average Bonchev–Trinajstić information content (AvgIpc) is 2.97. The normalized spacial score (nSPS) is 20.1. The zero-order valence-corrected chi connectivity index (χ0v) is 10.9. The highest BCUT2D eigenvalue weighted by Gasteiger charge is 2.27. The Hall–Kier alpha value is -0.870. The summed E-state index contributed by atoms with van der Waals surface area (Å²) in [6.45, 7) is 2.03. The SMILES string of the molecule is CC(O)(CNC(=O)C1CCCC1)c1ccsc1. The number of aliphatic hydroxyl groups is 1. The van der Waals surface area contributed by atoms with Crippen molar-refractivity contribution in [1.82, 2.24) is 5.32 Å². The lowest BCUT2D eigenvalue weighted by Crippen LogP contribution is -2.40. The third kappa shape index (κ3) is 3.07. The van der Waals surface area contributed by atoms with Crippen LogP contribution in [0.2, 0.25) is 0 Å². The lowest BCUT2D eigenvalue weighted by Gasteiger charge is -2.23. The Balaban J connectivity index is 1.87. The minimum Gasteiger partial charge on any atom is -0.384 e. The van der Waals surface area contributed by atoms with Gasteiger partial charge in [0.05, 0.1) is 6.54 Å². The molecule has 1 aliphatic rings. The molecular weight excluding hydrogens is 234 g/mol. The molecule has 1 aromatic heterocycles. The second-order valence-corrected chi connectivity index (χ2v) is 5.77. The fraction of sp³-hybridized carbons (Fsp3) is 0.615. The fourth-order valence-corrected chi connectivity index (χ4v) is 3.05. The molecule has 3 nitrogen and oxygen atoms in total. The van der Waals surface area contributed by atoms with Crippen molar-refractivity contribution in [2.75, 3.05) is 6.54 Å². The van der Waals surface area contributed by atoms with E-state index < -0.39 is 5.60 Å². The van der Waals surface area contributed by atoms with E-state index in [0.717, 1.165) is 31.2 Å². The van der Waals surface area contributed by atoms with Crippen LogP contribution in [0, 0.1) is 5.92 Å². The van der Waals surface area contributed by atoms with Gasteiger partial charge in [-0.05, 0) is 42.2 Å². The molecule has 0 saturated heterocycles. The van der Waals surface area contributed by atoms with Gasteiger partial charge in [0.25, 0.3) is 0 Å². The summed E-state index contributed by atoms with van der Waals surface area (Å²) in [5.41, 5.74) is -0.0944. The zero-order chi connectivity index (χ0) is 12.3. The van der Waals surface area contributed by atoms with Gasteiger partial charge in [0, 0.05) is 5.92 Å². The van der Waals surface area contributed by atoms with Crippen molar-refractivity contribution in [3.05, 3.63) is 22.4 Å². The van der Waals surface area contributed by atoms with Gasteiger partial charge in [-0.1, -0.05) is 12.8 Å². The number of carbonyl (C=O) groups excluding carboxylic acids is 1. The Kier molecular flexibility index (Phi) is 3.84.